The fourth-order valence-corrected chi connectivity index (χ4v) is 2.72. The molecule has 0 bridgehead atoms. The number of rotatable bonds is 5. The molecule has 0 radical (unpaired) electrons. The van der Waals surface area contributed by atoms with Crippen LogP contribution in [0.15, 0.2) is 24.3 Å². The van der Waals surface area contributed by atoms with Crippen molar-refractivity contribution in [3.05, 3.63) is 34.9 Å². The number of benzene rings is 1. The summed E-state index contributed by atoms with van der Waals surface area (Å²) < 4.78 is 5.95. The Morgan fingerprint density at radius 1 is 1.50 bits per heavy atom. The van der Waals surface area contributed by atoms with E-state index in [0.29, 0.717) is 19.1 Å². The minimum absolute atomic E-state index is 0.0973. The third-order valence-corrected chi connectivity index (χ3v) is 3.59. The van der Waals surface area contributed by atoms with Crippen LogP contribution in [0.3, 0.4) is 0 Å². The van der Waals surface area contributed by atoms with Gasteiger partial charge in [0.1, 0.15) is 0 Å². The first-order valence-electron chi connectivity index (χ1n) is 6.59. The van der Waals surface area contributed by atoms with Gasteiger partial charge in [0.25, 0.3) is 0 Å². The second-order valence-electron chi connectivity index (χ2n) is 4.74. The summed E-state index contributed by atoms with van der Waals surface area (Å²) in [5.41, 5.74) is 6.70. The van der Waals surface area contributed by atoms with Crippen LogP contribution in [0.25, 0.3) is 0 Å². The standard InChI is InChI=1S/C14H21ClN2O/c15-13-5-1-3-11(9-13)14(18-8-6-16)12-4-2-7-17-10-12/h1,3,5,9,12,14,17H,2,4,6-8,10,16H2. The summed E-state index contributed by atoms with van der Waals surface area (Å²) in [6, 6.07) is 7.95. The number of nitrogens with two attached hydrogens (primary N) is 1. The highest BCUT2D eigenvalue weighted by atomic mass is 35.5. The molecule has 1 aromatic rings. The van der Waals surface area contributed by atoms with Gasteiger partial charge in [0.05, 0.1) is 12.7 Å². The van der Waals surface area contributed by atoms with Crippen LogP contribution in [0.1, 0.15) is 24.5 Å². The van der Waals surface area contributed by atoms with Gasteiger partial charge < -0.3 is 15.8 Å². The highest BCUT2D eigenvalue weighted by Crippen LogP contribution is 2.31. The maximum absolute atomic E-state index is 6.07. The fourth-order valence-electron chi connectivity index (χ4n) is 2.52. The largest absolute Gasteiger partial charge is 0.372 e. The Morgan fingerprint density at radius 3 is 3.06 bits per heavy atom. The van der Waals surface area contributed by atoms with E-state index < -0.39 is 0 Å². The van der Waals surface area contributed by atoms with Gasteiger partial charge in [0.2, 0.25) is 0 Å². The third-order valence-electron chi connectivity index (χ3n) is 3.36. The fraction of sp³-hybridized carbons (Fsp3) is 0.571. The summed E-state index contributed by atoms with van der Waals surface area (Å²) in [7, 11) is 0. The average molecular weight is 269 g/mol. The number of hydrogen-bond donors (Lipinski definition) is 2. The molecule has 4 heteroatoms. The summed E-state index contributed by atoms with van der Waals surface area (Å²) in [4.78, 5) is 0. The first-order chi connectivity index (χ1) is 8.81. The molecule has 1 fully saturated rings. The molecule has 1 aromatic carbocycles. The van der Waals surface area contributed by atoms with Gasteiger partial charge in [-0.25, -0.2) is 0 Å². The first kappa shape index (κ1) is 13.8. The number of piperidine rings is 1. The lowest BCUT2D eigenvalue weighted by atomic mass is 9.89. The number of hydrogen-bond acceptors (Lipinski definition) is 3. The normalized spacial score (nSPS) is 21.8. The molecular weight excluding hydrogens is 248 g/mol. The molecule has 100 valence electrons. The van der Waals surface area contributed by atoms with Gasteiger partial charge in [0.15, 0.2) is 0 Å². The summed E-state index contributed by atoms with van der Waals surface area (Å²) >= 11 is 6.07. The van der Waals surface area contributed by atoms with E-state index >= 15 is 0 Å². The number of nitrogens with one attached hydrogen (secondary N) is 1. The van der Waals surface area contributed by atoms with Crippen LogP contribution >= 0.6 is 11.6 Å². The van der Waals surface area contributed by atoms with E-state index in [2.05, 4.69) is 11.4 Å². The lowest BCUT2D eigenvalue weighted by Gasteiger charge is -2.31. The molecule has 0 spiro atoms. The number of ether oxygens (including phenoxy) is 1. The van der Waals surface area contributed by atoms with E-state index in [0.717, 1.165) is 23.7 Å². The van der Waals surface area contributed by atoms with E-state index in [1.54, 1.807) is 0 Å². The molecule has 1 aliphatic heterocycles. The Bertz CT molecular complexity index is 367. The minimum Gasteiger partial charge on any atom is -0.372 e. The number of halogens is 1. The van der Waals surface area contributed by atoms with E-state index in [4.69, 9.17) is 22.1 Å². The quantitative estimate of drug-likeness (QED) is 0.862. The van der Waals surface area contributed by atoms with Gasteiger partial charge in [-0.15, -0.1) is 0 Å². The van der Waals surface area contributed by atoms with Crippen molar-refractivity contribution < 1.29 is 4.74 Å². The lowest BCUT2D eigenvalue weighted by Crippen LogP contribution is -2.34. The lowest BCUT2D eigenvalue weighted by molar-refractivity contribution is 0.00721. The molecule has 0 aromatic heterocycles. The minimum atomic E-state index is 0.0973. The molecule has 3 nitrogen and oxygen atoms in total. The second kappa shape index (κ2) is 7.10. The molecule has 18 heavy (non-hydrogen) atoms. The summed E-state index contributed by atoms with van der Waals surface area (Å²) in [6.45, 7) is 3.25. The van der Waals surface area contributed by atoms with Crippen LogP contribution in [0.4, 0.5) is 0 Å². The van der Waals surface area contributed by atoms with Gasteiger partial charge in [-0.3, -0.25) is 0 Å². The maximum atomic E-state index is 6.07. The molecule has 1 saturated heterocycles. The predicted octanol–water partition coefficient (Wildman–Crippen LogP) is 2.36. The molecule has 0 aliphatic carbocycles. The average Bonchev–Trinajstić information content (AvgIpc) is 2.40. The highest BCUT2D eigenvalue weighted by Gasteiger charge is 2.25. The van der Waals surface area contributed by atoms with Crippen LogP contribution in [-0.2, 0) is 4.74 Å². The first-order valence-corrected chi connectivity index (χ1v) is 6.97. The zero-order valence-corrected chi connectivity index (χ0v) is 11.3. The SMILES string of the molecule is NCCOC(c1cccc(Cl)c1)C1CCCNC1. The molecule has 3 N–H and O–H groups in total. The Kier molecular flexibility index (Phi) is 5.45. The predicted molar refractivity (Wildman–Crippen MR) is 74.8 cm³/mol. The monoisotopic (exact) mass is 268 g/mol. The third kappa shape index (κ3) is 3.69. The zero-order chi connectivity index (χ0) is 12.8. The smallest absolute Gasteiger partial charge is 0.0866 e. The molecule has 1 heterocycles. The zero-order valence-electron chi connectivity index (χ0n) is 10.6. The van der Waals surface area contributed by atoms with Crippen molar-refractivity contribution in [3.8, 4) is 0 Å². The van der Waals surface area contributed by atoms with E-state index in [1.807, 2.05) is 18.2 Å². The topological polar surface area (TPSA) is 47.3 Å². The summed E-state index contributed by atoms with van der Waals surface area (Å²) in [6.07, 6.45) is 2.49. The summed E-state index contributed by atoms with van der Waals surface area (Å²) in [5.74, 6) is 0.503. The van der Waals surface area contributed by atoms with Crippen LogP contribution in [0.2, 0.25) is 5.02 Å². The van der Waals surface area contributed by atoms with Crippen LogP contribution in [-0.4, -0.2) is 26.2 Å². The van der Waals surface area contributed by atoms with Gasteiger partial charge in [-0.2, -0.15) is 0 Å². The van der Waals surface area contributed by atoms with Gasteiger partial charge >= 0.3 is 0 Å². The molecule has 0 saturated carbocycles. The molecule has 2 unspecified atom stereocenters. The maximum Gasteiger partial charge on any atom is 0.0866 e. The molecule has 0 amide bonds. The van der Waals surface area contributed by atoms with Crippen molar-refractivity contribution in [1.82, 2.24) is 5.32 Å². The van der Waals surface area contributed by atoms with Crippen LogP contribution in [0, 0.1) is 5.92 Å². The Balaban J connectivity index is 2.12. The molecular formula is C14H21ClN2O. The van der Waals surface area contributed by atoms with Crippen molar-refractivity contribution in [2.24, 2.45) is 11.7 Å². The summed E-state index contributed by atoms with van der Waals surface area (Å²) in [5, 5.41) is 4.19. The van der Waals surface area contributed by atoms with E-state index in [9.17, 15) is 0 Å². The Morgan fingerprint density at radius 2 is 2.39 bits per heavy atom. The van der Waals surface area contributed by atoms with Crippen molar-refractivity contribution in [3.63, 3.8) is 0 Å². The van der Waals surface area contributed by atoms with Crippen molar-refractivity contribution in [2.75, 3.05) is 26.2 Å². The van der Waals surface area contributed by atoms with E-state index in [-0.39, 0.29) is 6.10 Å². The van der Waals surface area contributed by atoms with E-state index in [1.165, 1.54) is 12.8 Å². The molecule has 2 atom stereocenters. The Hall–Kier alpha value is -0.610. The highest BCUT2D eigenvalue weighted by molar-refractivity contribution is 6.30. The van der Waals surface area contributed by atoms with Crippen molar-refractivity contribution in [1.29, 1.82) is 0 Å². The van der Waals surface area contributed by atoms with Gasteiger partial charge in [-0.05, 0) is 37.1 Å². The van der Waals surface area contributed by atoms with Crippen molar-refractivity contribution >= 4 is 11.6 Å². The van der Waals surface area contributed by atoms with Crippen molar-refractivity contribution in [2.45, 2.75) is 18.9 Å². The van der Waals surface area contributed by atoms with Gasteiger partial charge in [0, 0.05) is 24.0 Å². The Labute approximate surface area is 114 Å². The molecule has 1 aliphatic rings. The van der Waals surface area contributed by atoms with Gasteiger partial charge in [-0.1, -0.05) is 23.7 Å². The second-order valence-corrected chi connectivity index (χ2v) is 5.18. The van der Waals surface area contributed by atoms with Crippen LogP contribution in [0.5, 0.6) is 0 Å². The molecule has 2 rings (SSSR count). The van der Waals surface area contributed by atoms with Crippen LogP contribution < -0.4 is 11.1 Å².